The van der Waals surface area contributed by atoms with Crippen LogP contribution in [0.15, 0.2) is 42.5 Å². The third kappa shape index (κ3) is 2.56. The number of ether oxygens (including phenoxy) is 1. The van der Waals surface area contributed by atoms with Gasteiger partial charge in [0.05, 0.1) is 7.11 Å². The van der Waals surface area contributed by atoms with E-state index in [0.29, 0.717) is 12.3 Å². The van der Waals surface area contributed by atoms with E-state index in [1.807, 2.05) is 43.3 Å². The fourth-order valence-corrected chi connectivity index (χ4v) is 1.84. The zero-order valence-electron chi connectivity index (χ0n) is 10.6. The molecule has 0 saturated carbocycles. The van der Waals surface area contributed by atoms with Gasteiger partial charge in [0.25, 0.3) is 0 Å². The van der Waals surface area contributed by atoms with Gasteiger partial charge in [-0.3, -0.25) is 0 Å². The third-order valence-electron chi connectivity index (χ3n) is 2.92. The van der Waals surface area contributed by atoms with Crippen LogP contribution in [0.25, 0.3) is 0 Å². The summed E-state index contributed by atoms with van der Waals surface area (Å²) in [5.74, 6) is 0.695. The van der Waals surface area contributed by atoms with E-state index in [0.717, 1.165) is 11.3 Å². The van der Waals surface area contributed by atoms with E-state index < -0.39 is 0 Å². The van der Waals surface area contributed by atoms with Gasteiger partial charge in [-0.15, -0.1) is 0 Å². The van der Waals surface area contributed by atoms with E-state index in [2.05, 4.69) is 5.32 Å². The quantitative estimate of drug-likeness (QED) is 0.865. The van der Waals surface area contributed by atoms with Crippen molar-refractivity contribution in [2.75, 3.05) is 12.4 Å². The number of rotatable bonds is 4. The summed E-state index contributed by atoms with van der Waals surface area (Å²) in [7, 11) is 1.55. The maximum atomic E-state index is 9.97. The molecule has 0 aliphatic carbocycles. The number of phenols is 1. The molecule has 18 heavy (non-hydrogen) atoms. The van der Waals surface area contributed by atoms with E-state index in [9.17, 15) is 5.11 Å². The molecule has 0 unspecified atom stereocenters. The van der Waals surface area contributed by atoms with Gasteiger partial charge in [-0.05, 0) is 24.6 Å². The first-order valence-electron chi connectivity index (χ1n) is 5.86. The molecular weight excluding hydrogens is 226 g/mol. The molecule has 2 aromatic carbocycles. The number of para-hydroxylation sites is 2. The van der Waals surface area contributed by atoms with Crippen LogP contribution in [0.2, 0.25) is 0 Å². The first kappa shape index (κ1) is 12.3. The number of nitrogens with one attached hydrogen (secondary N) is 1. The van der Waals surface area contributed by atoms with E-state index in [4.69, 9.17) is 4.74 Å². The molecule has 0 atom stereocenters. The second-order valence-electron chi connectivity index (χ2n) is 4.14. The zero-order valence-corrected chi connectivity index (χ0v) is 10.6. The van der Waals surface area contributed by atoms with Crippen molar-refractivity contribution in [3.63, 3.8) is 0 Å². The molecule has 0 fully saturated rings. The highest BCUT2D eigenvalue weighted by Crippen LogP contribution is 2.30. The molecule has 2 rings (SSSR count). The maximum Gasteiger partial charge on any atom is 0.162 e. The fourth-order valence-electron chi connectivity index (χ4n) is 1.84. The van der Waals surface area contributed by atoms with Crippen LogP contribution < -0.4 is 10.1 Å². The number of aryl methyl sites for hydroxylation is 1. The van der Waals surface area contributed by atoms with E-state index >= 15 is 0 Å². The van der Waals surface area contributed by atoms with Gasteiger partial charge in [-0.1, -0.05) is 30.3 Å². The second kappa shape index (κ2) is 5.45. The summed E-state index contributed by atoms with van der Waals surface area (Å²) >= 11 is 0. The monoisotopic (exact) mass is 243 g/mol. The molecular formula is C15H17NO2. The van der Waals surface area contributed by atoms with Crippen LogP contribution in [0.5, 0.6) is 11.5 Å². The van der Waals surface area contributed by atoms with Crippen molar-refractivity contribution in [3.8, 4) is 11.5 Å². The Labute approximate surface area is 107 Å². The Bertz CT molecular complexity index is 538. The lowest BCUT2D eigenvalue weighted by molar-refractivity contribution is 0.371. The molecule has 2 aromatic rings. The van der Waals surface area contributed by atoms with Crippen molar-refractivity contribution in [2.45, 2.75) is 13.5 Å². The average Bonchev–Trinajstić information content (AvgIpc) is 2.39. The number of hydrogen-bond acceptors (Lipinski definition) is 3. The highest BCUT2D eigenvalue weighted by molar-refractivity contribution is 5.52. The Morgan fingerprint density at radius 2 is 1.89 bits per heavy atom. The van der Waals surface area contributed by atoms with Crippen LogP contribution in [0.4, 0.5) is 5.69 Å². The van der Waals surface area contributed by atoms with Gasteiger partial charge in [0, 0.05) is 17.8 Å². The third-order valence-corrected chi connectivity index (χ3v) is 2.92. The standard InChI is InChI=1S/C15H17NO2/c1-11-6-3-4-8-13(11)16-10-12-7-5-9-14(18-2)15(12)17/h3-9,16-17H,10H2,1-2H3. The average molecular weight is 243 g/mol. The first-order chi connectivity index (χ1) is 8.72. The van der Waals surface area contributed by atoms with Crippen molar-refractivity contribution in [1.29, 1.82) is 0 Å². The highest BCUT2D eigenvalue weighted by atomic mass is 16.5. The first-order valence-corrected chi connectivity index (χ1v) is 5.86. The number of anilines is 1. The van der Waals surface area contributed by atoms with Crippen molar-refractivity contribution >= 4 is 5.69 Å². The predicted octanol–water partition coefficient (Wildman–Crippen LogP) is 3.32. The lowest BCUT2D eigenvalue weighted by atomic mass is 10.1. The summed E-state index contributed by atoms with van der Waals surface area (Å²) in [6, 6.07) is 13.5. The van der Waals surface area contributed by atoms with Gasteiger partial charge in [0.2, 0.25) is 0 Å². The van der Waals surface area contributed by atoms with Gasteiger partial charge < -0.3 is 15.2 Å². The van der Waals surface area contributed by atoms with Crippen molar-refractivity contribution < 1.29 is 9.84 Å². The molecule has 0 aromatic heterocycles. The van der Waals surface area contributed by atoms with Gasteiger partial charge >= 0.3 is 0 Å². The number of phenolic OH excluding ortho intramolecular Hbond substituents is 1. The summed E-state index contributed by atoms with van der Waals surface area (Å²) in [6.45, 7) is 2.61. The minimum Gasteiger partial charge on any atom is -0.504 e. The minimum atomic E-state index is 0.195. The van der Waals surface area contributed by atoms with Crippen molar-refractivity contribution in [1.82, 2.24) is 0 Å². The van der Waals surface area contributed by atoms with E-state index in [1.54, 1.807) is 13.2 Å². The minimum absolute atomic E-state index is 0.195. The van der Waals surface area contributed by atoms with Crippen LogP contribution in [-0.2, 0) is 6.54 Å². The van der Waals surface area contributed by atoms with Gasteiger partial charge in [-0.25, -0.2) is 0 Å². The SMILES string of the molecule is COc1cccc(CNc2ccccc2C)c1O. The molecule has 0 amide bonds. The summed E-state index contributed by atoms with van der Waals surface area (Å²) in [5, 5.41) is 13.3. The molecule has 0 aliphatic rings. The fraction of sp³-hybridized carbons (Fsp3) is 0.200. The Balaban J connectivity index is 2.14. The Hall–Kier alpha value is -2.16. The largest absolute Gasteiger partial charge is 0.504 e. The molecule has 0 saturated heterocycles. The smallest absolute Gasteiger partial charge is 0.162 e. The van der Waals surface area contributed by atoms with E-state index in [1.165, 1.54) is 5.56 Å². The normalized spacial score (nSPS) is 10.1. The van der Waals surface area contributed by atoms with Crippen molar-refractivity contribution in [2.24, 2.45) is 0 Å². The van der Waals surface area contributed by atoms with Gasteiger partial charge in [-0.2, -0.15) is 0 Å². The lowest BCUT2D eigenvalue weighted by Crippen LogP contribution is -2.01. The van der Waals surface area contributed by atoms with Crippen LogP contribution in [0, 0.1) is 6.92 Å². The predicted molar refractivity (Wildman–Crippen MR) is 73.2 cm³/mol. The second-order valence-corrected chi connectivity index (χ2v) is 4.14. The topological polar surface area (TPSA) is 41.5 Å². The number of benzene rings is 2. The molecule has 0 spiro atoms. The molecule has 3 heteroatoms. The van der Waals surface area contributed by atoms with Crippen molar-refractivity contribution in [3.05, 3.63) is 53.6 Å². The molecule has 94 valence electrons. The molecule has 0 heterocycles. The number of hydrogen-bond donors (Lipinski definition) is 2. The van der Waals surface area contributed by atoms with Crippen LogP contribution >= 0.6 is 0 Å². The Morgan fingerprint density at radius 1 is 1.11 bits per heavy atom. The van der Waals surface area contributed by atoms with Crippen LogP contribution in [0.1, 0.15) is 11.1 Å². The van der Waals surface area contributed by atoms with Crippen LogP contribution in [-0.4, -0.2) is 12.2 Å². The Morgan fingerprint density at radius 3 is 2.61 bits per heavy atom. The summed E-state index contributed by atoms with van der Waals surface area (Å²) in [6.07, 6.45) is 0. The van der Waals surface area contributed by atoms with Crippen LogP contribution in [0.3, 0.4) is 0 Å². The number of methoxy groups -OCH3 is 1. The highest BCUT2D eigenvalue weighted by Gasteiger charge is 2.07. The molecule has 0 aliphatic heterocycles. The molecule has 0 bridgehead atoms. The summed E-state index contributed by atoms with van der Waals surface area (Å²) < 4.78 is 5.08. The Kier molecular flexibility index (Phi) is 3.72. The maximum absolute atomic E-state index is 9.97. The zero-order chi connectivity index (χ0) is 13.0. The summed E-state index contributed by atoms with van der Waals surface area (Å²) in [4.78, 5) is 0. The van der Waals surface area contributed by atoms with Gasteiger partial charge in [0.15, 0.2) is 11.5 Å². The molecule has 0 radical (unpaired) electrons. The summed E-state index contributed by atoms with van der Waals surface area (Å²) in [5.41, 5.74) is 3.07. The molecule has 3 nitrogen and oxygen atoms in total. The molecule has 2 N–H and O–H groups in total. The number of aromatic hydroxyl groups is 1. The van der Waals surface area contributed by atoms with Gasteiger partial charge in [0.1, 0.15) is 0 Å². The van der Waals surface area contributed by atoms with E-state index in [-0.39, 0.29) is 5.75 Å². The lowest BCUT2D eigenvalue weighted by Gasteiger charge is -2.12.